The molecule has 0 aliphatic carbocycles. The minimum Gasteiger partial charge on any atom is -0.495 e. The molecule has 1 saturated heterocycles. The van der Waals surface area contributed by atoms with E-state index in [2.05, 4.69) is 22.2 Å². The van der Waals surface area contributed by atoms with Crippen molar-refractivity contribution in [3.8, 4) is 11.5 Å². The molecule has 0 saturated carbocycles. The Morgan fingerprint density at radius 2 is 1.85 bits per heavy atom. The van der Waals surface area contributed by atoms with Crippen molar-refractivity contribution in [2.45, 2.75) is 19.8 Å². The maximum absolute atomic E-state index is 12.7. The standard InChI is InChI=1S/C19H23ClN4O3/c1-12-4-6-24(7-5-12)19(25)15-10-18(22-11-21-15)23-14-9-16(26-2)13(20)8-17(14)27-3/h8-12H,4-7H2,1-3H3,(H,21,22,23). The molecule has 1 aromatic heterocycles. The lowest BCUT2D eigenvalue weighted by Gasteiger charge is -2.30. The molecule has 1 fully saturated rings. The van der Waals surface area contributed by atoms with E-state index in [0.29, 0.717) is 39.6 Å². The molecule has 0 bridgehead atoms. The van der Waals surface area contributed by atoms with Gasteiger partial charge in [0.25, 0.3) is 5.91 Å². The number of hydrogen-bond donors (Lipinski definition) is 1. The van der Waals surface area contributed by atoms with Crippen LogP contribution in [-0.2, 0) is 0 Å². The summed E-state index contributed by atoms with van der Waals surface area (Å²) in [5, 5.41) is 3.59. The van der Waals surface area contributed by atoms with E-state index in [9.17, 15) is 4.79 Å². The Bertz CT molecular complexity index is 823. The van der Waals surface area contributed by atoms with Crippen LogP contribution < -0.4 is 14.8 Å². The Hall–Kier alpha value is -2.54. The van der Waals surface area contributed by atoms with Gasteiger partial charge < -0.3 is 19.7 Å². The van der Waals surface area contributed by atoms with Crippen molar-refractivity contribution < 1.29 is 14.3 Å². The van der Waals surface area contributed by atoms with Gasteiger partial charge in [-0.3, -0.25) is 4.79 Å². The van der Waals surface area contributed by atoms with Crippen molar-refractivity contribution >= 4 is 29.0 Å². The van der Waals surface area contributed by atoms with Crippen molar-refractivity contribution in [1.82, 2.24) is 14.9 Å². The van der Waals surface area contributed by atoms with Crippen LogP contribution in [0.1, 0.15) is 30.3 Å². The second kappa shape index (κ2) is 8.43. The topological polar surface area (TPSA) is 76.6 Å². The molecule has 27 heavy (non-hydrogen) atoms. The molecule has 2 heterocycles. The lowest BCUT2D eigenvalue weighted by atomic mass is 9.99. The van der Waals surface area contributed by atoms with Gasteiger partial charge in [0.2, 0.25) is 0 Å². The molecule has 1 N–H and O–H groups in total. The minimum atomic E-state index is -0.0759. The molecule has 8 heteroatoms. The zero-order valence-corrected chi connectivity index (χ0v) is 16.4. The van der Waals surface area contributed by atoms with Crippen LogP contribution in [0.3, 0.4) is 0 Å². The van der Waals surface area contributed by atoms with Gasteiger partial charge in [-0.25, -0.2) is 9.97 Å². The van der Waals surface area contributed by atoms with Crippen LogP contribution in [0, 0.1) is 5.92 Å². The highest BCUT2D eigenvalue weighted by molar-refractivity contribution is 6.32. The molecular formula is C19H23ClN4O3. The van der Waals surface area contributed by atoms with Gasteiger partial charge in [0, 0.05) is 31.3 Å². The van der Waals surface area contributed by atoms with E-state index in [0.717, 1.165) is 25.9 Å². The number of ether oxygens (including phenoxy) is 2. The predicted octanol–water partition coefficient (Wildman–Crippen LogP) is 3.76. The van der Waals surface area contributed by atoms with Crippen LogP contribution in [0.25, 0.3) is 0 Å². The molecule has 1 aliphatic heterocycles. The van der Waals surface area contributed by atoms with Crippen LogP contribution >= 0.6 is 11.6 Å². The number of nitrogens with zero attached hydrogens (tertiary/aromatic N) is 3. The number of rotatable bonds is 5. The summed E-state index contributed by atoms with van der Waals surface area (Å²) in [5.74, 6) is 2.11. The highest BCUT2D eigenvalue weighted by Crippen LogP contribution is 2.37. The first-order valence-electron chi connectivity index (χ1n) is 8.81. The number of methoxy groups -OCH3 is 2. The Kier molecular flexibility index (Phi) is 6.01. The smallest absolute Gasteiger partial charge is 0.272 e. The van der Waals surface area contributed by atoms with Crippen molar-refractivity contribution in [1.29, 1.82) is 0 Å². The molecule has 1 aromatic carbocycles. The third-order valence-electron chi connectivity index (χ3n) is 4.69. The largest absolute Gasteiger partial charge is 0.495 e. The summed E-state index contributed by atoms with van der Waals surface area (Å²) in [6.07, 6.45) is 3.41. The summed E-state index contributed by atoms with van der Waals surface area (Å²) < 4.78 is 10.6. The van der Waals surface area contributed by atoms with Crippen molar-refractivity contribution in [2.24, 2.45) is 5.92 Å². The van der Waals surface area contributed by atoms with Gasteiger partial charge in [-0.1, -0.05) is 18.5 Å². The van der Waals surface area contributed by atoms with E-state index in [4.69, 9.17) is 21.1 Å². The summed E-state index contributed by atoms with van der Waals surface area (Å²) in [5.41, 5.74) is 0.990. The van der Waals surface area contributed by atoms with Gasteiger partial charge in [-0.05, 0) is 18.8 Å². The predicted molar refractivity (Wildman–Crippen MR) is 104 cm³/mol. The second-order valence-electron chi connectivity index (χ2n) is 6.58. The van der Waals surface area contributed by atoms with E-state index >= 15 is 0 Å². The number of piperidine rings is 1. The van der Waals surface area contributed by atoms with E-state index in [1.54, 1.807) is 32.4 Å². The fourth-order valence-electron chi connectivity index (χ4n) is 3.01. The van der Waals surface area contributed by atoms with E-state index < -0.39 is 0 Å². The van der Waals surface area contributed by atoms with Crippen molar-refractivity contribution in [3.05, 3.63) is 35.2 Å². The average Bonchev–Trinajstić information content (AvgIpc) is 2.69. The average molecular weight is 391 g/mol. The summed E-state index contributed by atoms with van der Waals surface area (Å²) in [7, 11) is 3.09. The van der Waals surface area contributed by atoms with Crippen LogP contribution in [0.4, 0.5) is 11.5 Å². The van der Waals surface area contributed by atoms with Gasteiger partial charge in [-0.15, -0.1) is 0 Å². The lowest BCUT2D eigenvalue weighted by Crippen LogP contribution is -2.38. The monoisotopic (exact) mass is 390 g/mol. The van der Waals surface area contributed by atoms with Gasteiger partial charge in [0.05, 0.1) is 24.9 Å². The zero-order valence-electron chi connectivity index (χ0n) is 15.7. The molecule has 0 spiro atoms. The fourth-order valence-corrected chi connectivity index (χ4v) is 3.24. The molecule has 7 nitrogen and oxygen atoms in total. The summed E-state index contributed by atoms with van der Waals surface area (Å²) in [4.78, 5) is 22.9. The van der Waals surface area contributed by atoms with Gasteiger partial charge in [0.15, 0.2) is 0 Å². The number of carbonyl (C=O) groups excluding carboxylic acids is 1. The summed E-state index contributed by atoms with van der Waals surface area (Å²) >= 11 is 6.14. The van der Waals surface area contributed by atoms with Crippen LogP contribution in [0.2, 0.25) is 5.02 Å². The Morgan fingerprint density at radius 1 is 1.15 bits per heavy atom. The third kappa shape index (κ3) is 4.42. The summed E-state index contributed by atoms with van der Waals surface area (Å²) in [6.45, 7) is 3.73. The molecule has 2 aromatic rings. The molecule has 0 unspecified atom stereocenters. The molecular weight excluding hydrogens is 368 g/mol. The summed E-state index contributed by atoms with van der Waals surface area (Å²) in [6, 6.07) is 5.02. The quantitative estimate of drug-likeness (QED) is 0.837. The Balaban J connectivity index is 1.81. The van der Waals surface area contributed by atoms with Crippen molar-refractivity contribution in [3.63, 3.8) is 0 Å². The molecule has 144 valence electrons. The minimum absolute atomic E-state index is 0.0759. The Morgan fingerprint density at radius 3 is 2.52 bits per heavy atom. The maximum Gasteiger partial charge on any atom is 0.272 e. The second-order valence-corrected chi connectivity index (χ2v) is 6.98. The van der Waals surface area contributed by atoms with E-state index in [-0.39, 0.29) is 5.91 Å². The first-order valence-corrected chi connectivity index (χ1v) is 9.19. The van der Waals surface area contributed by atoms with E-state index in [1.165, 1.54) is 6.33 Å². The SMILES string of the molecule is COc1cc(Nc2cc(C(=O)N3CCC(C)CC3)ncn2)c(OC)cc1Cl. The molecule has 0 atom stereocenters. The fraction of sp³-hybridized carbons (Fsp3) is 0.421. The normalized spacial score (nSPS) is 14.7. The van der Waals surface area contributed by atoms with E-state index in [1.807, 2.05) is 4.90 Å². The number of likely N-dealkylation sites (tertiary alicyclic amines) is 1. The lowest BCUT2D eigenvalue weighted by molar-refractivity contribution is 0.0691. The van der Waals surface area contributed by atoms with Gasteiger partial charge in [0.1, 0.15) is 29.3 Å². The molecule has 1 amide bonds. The number of anilines is 2. The number of amides is 1. The third-order valence-corrected chi connectivity index (χ3v) is 4.99. The van der Waals surface area contributed by atoms with Crippen LogP contribution in [-0.4, -0.2) is 48.1 Å². The first-order chi connectivity index (χ1) is 13.0. The Labute approximate surface area is 163 Å². The number of halogens is 1. The molecule has 3 rings (SSSR count). The van der Waals surface area contributed by atoms with Crippen LogP contribution in [0.15, 0.2) is 24.5 Å². The maximum atomic E-state index is 12.7. The molecule has 0 radical (unpaired) electrons. The number of benzene rings is 1. The van der Waals surface area contributed by atoms with Crippen molar-refractivity contribution in [2.75, 3.05) is 32.6 Å². The highest BCUT2D eigenvalue weighted by atomic mass is 35.5. The zero-order chi connectivity index (χ0) is 19.4. The molecule has 1 aliphatic rings. The number of carbonyl (C=O) groups is 1. The van der Waals surface area contributed by atoms with Crippen LogP contribution in [0.5, 0.6) is 11.5 Å². The van der Waals surface area contributed by atoms with Gasteiger partial charge >= 0.3 is 0 Å². The number of nitrogens with one attached hydrogen (secondary N) is 1. The highest BCUT2D eigenvalue weighted by Gasteiger charge is 2.22. The first kappa shape index (κ1) is 19.2. The van der Waals surface area contributed by atoms with Gasteiger partial charge in [-0.2, -0.15) is 0 Å². The number of aromatic nitrogens is 2. The number of hydrogen-bond acceptors (Lipinski definition) is 6.